The number of nitrogens with two attached hydrogens (primary N) is 2. The number of rotatable bonds is 5. The van der Waals surface area contributed by atoms with Crippen molar-refractivity contribution in [1.29, 1.82) is 0 Å². The van der Waals surface area contributed by atoms with Gasteiger partial charge in [0.2, 0.25) is 0 Å². The van der Waals surface area contributed by atoms with Crippen molar-refractivity contribution in [3.05, 3.63) is 59.2 Å². The van der Waals surface area contributed by atoms with Gasteiger partial charge in [-0.15, -0.1) is 0 Å². The van der Waals surface area contributed by atoms with Crippen LogP contribution in [0.4, 0.5) is 5.69 Å². The minimum absolute atomic E-state index is 0.185. The maximum Gasteiger partial charge on any atom is 0.335 e. The lowest BCUT2D eigenvalue weighted by Crippen LogP contribution is -2.13. The highest BCUT2D eigenvalue weighted by molar-refractivity contribution is 5.96. The summed E-state index contributed by atoms with van der Waals surface area (Å²) in [6, 6.07) is 10.9. The van der Waals surface area contributed by atoms with Gasteiger partial charge < -0.3 is 21.3 Å². The lowest BCUT2D eigenvalue weighted by atomic mass is 10.1. The van der Waals surface area contributed by atoms with E-state index in [0.29, 0.717) is 11.4 Å². The van der Waals surface area contributed by atoms with E-state index in [9.17, 15) is 9.59 Å². The molecule has 0 saturated carbocycles. The van der Waals surface area contributed by atoms with Gasteiger partial charge in [-0.3, -0.25) is 4.79 Å². The number of benzene rings is 2. The average molecular weight is 286 g/mol. The van der Waals surface area contributed by atoms with Gasteiger partial charge in [-0.25, -0.2) is 4.79 Å². The molecule has 0 atom stereocenters. The van der Waals surface area contributed by atoms with Crippen LogP contribution in [0.1, 0.15) is 26.3 Å². The Kier molecular flexibility index (Phi) is 4.08. The summed E-state index contributed by atoms with van der Waals surface area (Å²) in [6.45, 7) is 0.185. The van der Waals surface area contributed by atoms with Gasteiger partial charge >= 0.3 is 5.97 Å². The van der Waals surface area contributed by atoms with E-state index in [0.717, 1.165) is 5.56 Å². The lowest BCUT2D eigenvalue weighted by Gasteiger charge is -2.10. The van der Waals surface area contributed by atoms with Gasteiger partial charge in [0.15, 0.2) is 0 Å². The van der Waals surface area contributed by atoms with E-state index in [2.05, 4.69) is 0 Å². The molecule has 0 fully saturated rings. The number of carbonyl (C=O) groups is 2. The number of ether oxygens (including phenoxy) is 1. The van der Waals surface area contributed by atoms with Crippen molar-refractivity contribution in [2.75, 3.05) is 5.73 Å². The van der Waals surface area contributed by atoms with Crippen LogP contribution in [-0.2, 0) is 6.61 Å². The smallest absolute Gasteiger partial charge is 0.335 e. The molecule has 1 amide bonds. The van der Waals surface area contributed by atoms with E-state index in [1.807, 2.05) is 0 Å². The minimum Gasteiger partial charge on any atom is -0.488 e. The van der Waals surface area contributed by atoms with Gasteiger partial charge in [0.25, 0.3) is 5.91 Å². The van der Waals surface area contributed by atoms with Gasteiger partial charge in [-0.2, -0.15) is 0 Å². The van der Waals surface area contributed by atoms with E-state index in [1.54, 1.807) is 24.3 Å². The molecule has 6 nitrogen and oxygen atoms in total. The monoisotopic (exact) mass is 286 g/mol. The van der Waals surface area contributed by atoms with Crippen molar-refractivity contribution in [1.82, 2.24) is 0 Å². The van der Waals surface area contributed by atoms with Crippen LogP contribution in [0.5, 0.6) is 5.75 Å². The van der Waals surface area contributed by atoms with Crippen molar-refractivity contribution in [2.45, 2.75) is 6.61 Å². The summed E-state index contributed by atoms with van der Waals surface area (Å²) in [4.78, 5) is 22.1. The second kappa shape index (κ2) is 5.96. The molecule has 0 spiro atoms. The molecule has 0 radical (unpaired) electrons. The second-order valence-electron chi connectivity index (χ2n) is 4.41. The highest BCUT2D eigenvalue weighted by atomic mass is 16.5. The Labute approximate surface area is 120 Å². The molecule has 108 valence electrons. The predicted molar refractivity (Wildman–Crippen MR) is 77.1 cm³/mol. The average Bonchev–Trinajstić information content (AvgIpc) is 2.46. The first kappa shape index (κ1) is 14.4. The van der Waals surface area contributed by atoms with Crippen LogP contribution in [0.3, 0.4) is 0 Å². The number of nitrogen functional groups attached to an aromatic ring is 1. The molecule has 21 heavy (non-hydrogen) atoms. The largest absolute Gasteiger partial charge is 0.488 e. The first-order chi connectivity index (χ1) is 9.97. The van der Waals surface area contributed by atoms with Crippen molar-refractivity contribution in [2.24, 2.45) is 5.73 Å². The van der Waals surface area contributed by atoms with Crippen LogP contribution in [0.2, 0.25) is 0 Å². The van der Waals surface area contributed by atoms with Gasteiger partial charge in [-0.05, 0) is 35.9 Å². The summed E-state index contributed by atoms with van der Waals surface area (Å²) in [6.07, 6.45) is 0. The summed E-state index contributed by atoms with van der Waals surface area (Å²) >= 11 is 0. The van der Waals surface area contributed by atoms with E-state index < -0.39 is 11.9 Å². The number of hydrogen-bond acceptors (Lipinski definition) is 4. The molecular formula is C15H14N2O4. The third kappa shape index (κ3) is 3.50. The third-order valence-corrected chi connectivity index (χ3v) is 2.86. The Morgan fingerprint density at radius 2 is 1.76 bits per heavy atom. The topological polar surface area (TPSA) is 116 Å². The second-order valence-corrected chi connectivity index (χ2v) is 4.41. The number of primary amides is 1. The van der Waals surface area contributed by atoms with Gasteiger partial charge in [0.05, 0.1) is 11.1 Å². The van der Waals surface area contributed by atoms with Gasteiger partial charge in [-0.1, -0.05) is 12.1 Å². The van der Waals surface area contributed by atoms with Crippen molar-refractivity contribution in [3.63, 3.8) is 0 Å². The number of amides is 1. The summed E-state index contributed by atoms with van der Waals surface area (Å²) in [5, 5.41) is 8.81. The summed E-state index contributed by atoms with van der Waals surface area (Å²) in [5.74, 6) is -1.28. The molecular weight excluding hydrogens is 272 g/mol. The fraction of sp³-hybridized carbons (Fsp3) is 0.0667. The lowest BCUT2D eigenvalue weighted by molar-refractivity contribution is 0.0696. The first-order valence-electron chi connectivity index (χ1n) is 6.11. The summed E-state index contributed by atoms with van der Waals surface area (Å²) < 4.78 is 5.54. The summed E-state index contributed by atoms with van der Waals surface area (Å²) in [7, 11) is 0. The SMILES string of the molecule is NC(=O)c1cc(N)ccc1OCc1ccc(C(=O)O)cc1. The first-order valence-corrected chi connectivity index (χ1v) is 6.11. The molecule has 2 aromatic rings. The molecule has 0 heterocycles. The maximum absolute atomic E-state index is 11.3. The Balaban J connectivity index is 2.13. The van der Waals surface area contributed by atoms with Crippen molar-refractivity contribution in [3.8, 4) is 5.75 Å². The molecule has 6 heteroatoms. The van der Waals surface area contributed by atoms with Crippen LogP contribution in [0.15, 0.2) is 42.5 Å². The van der Waals surface area contributed by atoms with Crippen LogP contribution in [0.25, 0.3) is 0 Å². The quantitative estimate of drug-likeness (QED) is 0.723. The van der Waals surface area contributed by atoms with Crippen molar-refractivity contribution >= 4 is 17.6 Å². The minimum atomic E-state index is -0.989. The predicted octanol–water partition coefficient (Wildman–Crippen LogP) is 1.64. The van der Waals surface area contributed by atoms with Crippen LogP contribution in [0, 0.1) is 0 Å². The van der Waals surface area contributed by atoms with E-state index in [1.165, 1.54) is 18.2 Å². The van der Waals surface area contributed by atoms with Crippen LogP contribution in [-0.4, -0.2) is 17.0 Å². The number of carboxylic acid groups (broad SMARTS) is 1. The normalized spacial score (nSPS) is 10.1. The molecule has 5 N–H and O–H groups in total. The molecule has 2 aromatic carbocycles. The number of aromatic carboxylic acids is 1. The standard InChI is InChI=1S/C15H14N2O4/c16-11-5-6-13(12(7-11)14(17)18)21-8-9-1-3-10(4-2-9)15(19)20/h1-7H,8,16H2,(H2,17,18)(H,19,20). The number of carbonyl (C=O) groups excluding carboxylic acids is 1. The van der Waals surface area contributed by atoms with Gasteiger partial charge in [0, 0.05) is 5.69 Å². The third-order valence-electron chi connectivity index (χ3n) is 2.86. The number of anilines is 1. The molecule has 0 aromatic heterocycles. The fourth-order valence-electron chi connectivity index (χ4n) is 1.77. The van der Waals surface area contributed by atoms with E-state index in [4.69, 9.17) is 21.3 Å². The Bertz CT molecular complexity index is 681. The zero-order valence-corrected chi connectivity index (χ0v) is 11.1. The Morgan fingerprint density at radius 1 is 1.10 bits per heavy atom. The highest BCUT2D eigenvalue weighted by Crippen LogP contribution is 2.22. The number of hydrogen-bond donors (Lipinski definition) is 3. The zero-order valence-electron chi connectivity index (χ0n) is 11.1. The molecule has 0 aliphatic heterocycles. The zero-order chi connectivity index (χ0) is 15.4. The van der Waals surface area contributed by atoms with Crippen LogP contribution >= 0.6 is 0 Å². The van der Waals surface area contributed by atoms with Crippen LogP contribution < -0.4 is 16.2 Å². The molecule has 0 saturated heterocycles. The van der Waals surface area contributed by atoms with E-state index in [-0.39, 0.29) is 17.7 Å². The number of carboxylic acids is 1. The fourth-order valence-corrected chi connectivity index (χ4v) is 1.77. The van der Waals surface area contributed by atoms with Gasteiger partial charge in [0.1, 0.15) is 12.4 Å². The molecule has 0 bridgehead atoms. The van der Waals surface area contributed by atoms with E-state index >= 15 is 0 Å². The van der Waals surface area contributed by atoms with Crippen molar-refractivity contribution < 1.29 is 19.4 Å². The molecule has 0 aliphatic carbocycles. The maximum atomic E-state index is 11.3. The Morgan fingerprint density at radius 3 is 2.33 bits per heavy atom. The summed E-state index contributed by atoms with van der Waals surface area (Å²) in [5.41, 5.74) is 12.5. The highest BCUT2D eigenvalue weighted by Gasteiger charge is 2.10. The molecule has 2 rings (SSSR count). The molecule has 0 aliphatic rings. The Hall–Kier alpha value is -3.02. The molecule has 0 unspecified atom stereocenters.